The Morgan fingerprint density at radius 2 is 2.30 bits per heavy atom. The highest BCUT2D eigenvalue weighted by atomic mass is 32.1. The van der Waals surface area contributed by atoms with Crippen LogP contribution in [0.5, 0.6) is 0 Å². The van der Waals surface area contributed by atoms with E-state index in [1.165, 1.54) is 0 Å². The molecule has 0 bridgehead atoms. The fraction of sp³-hybridized carbons (Fsp3) is 0.667. The fourth-order valence-electron chi connectivity index (χ4n) is 0.383. The first kappa shape index (κ1) is 9.36. The van der Waals surface area contributed by atoms with Crippen LogP contribution in [0, 0.1) is 5.92 Å². The molecule has 1 amide bonds. The summed E-state index contributed by atoms with van der Waals surface area (Å²) in [5, 5.41) is 0.273. The van der Waals surface area contributed by atoms with E-state index in [1.54, 1.807) is 13.8 Å². The molecule has 0 radical (unpaired) electrons. The second-order valence-electron chi connectivity index (χ2n) is 1.88. The van der Waals surface area contributed by atoms with Crippen molar-refractivity contribution in [1.82, 2.24) is 0 Å². The molecule has 0 aromatic rings. The maximum absolute atomic E-state index is 10.5. The molecule has 1 unspecified atom stereocenters. The number of hydrogen-bond donors (Lipinski definition) is 1. The van der Waals surface area contributed by atoms with Gasteiger partial charge >= 0.3 is 0 Å². The van der Waals surface area contributed by atoms with Gasteiger partial charge in [0.05, 0.1) is 6.61 Å². The van der Waals surface area contributed by atoms with Crippen molar-refractivity contribution < 1.29 is 9.53 Å². The van der Waals surface area contributed by atoms with Crippen molar-refractivity contribution in [3.8, 4) is 0 Å². The van der Waals surface area contributed by atoms with Gasteiger partial charge in [-0.3, -0.25) is 4.79 Å². The minimum atomic E-state index is -0.463. The van der Waals surface area contributed by atoms with E-state index in [1.807, 2.05) is 0 Å². The number of nitrogens with two attached hydrogens (primary N) is 1. The Balaban J connectivity index is 3.82. The van der Waals surface area contributed by atoms with Gasteiger partial charge < -0.3 is 10.5 Å². The summed E-state index contributed by atoms with van der Waals surface area (Å²) in [5.74, 6) is -0.909. The zero-order chi connectivity index (χ0) is 8.15. The van der Waals surface area contributed by atoms with E-state index in [9.17, 15) is 4.79 Å². The Bertz CT molecular complexity index is 147. The molecule has 10 heavy (non-hydrogen) atoms. The highest BCUT2D eigenvalue weighted by Gasteiger charge is 2.14. The van der Waals surface area contributed by atoms with Crippen LogP contribution < -0.4 is 5.73 Å². The van der Waals surface area contributed by atoms with Crippen molar-refractivity contribution in [2.75, 3.05) is 6.61 Å². The molecule has 0 aliphatic carbocycles. The molecule has 2 N–H and O–H groups in total. The van der Waals surface area contributed by atoms with Crippen LogP contribution in [-0.2, 0) is 9.53 Å². The second kappa shape index (κ2) is 4.22. The maximum atomic E-state index is 10.5. The molecule has 0 spiro atoms. The summed E-state index contributed by atoms with van der Waals surface area (Å²) < 4.78 is 4.90. The third kappa shape index (κ3) is 2.77. The first-order valence-corrected chi connectivity index (χ1v) is 3.46. The van der Waals surface area contributed by atoms with E-state index in [-0.39, 0.29) is 5.05 Å². The Labute approximate surface area is 65.5 Å². The summed E-state index contributed by atoms with van der Waals surface area (Å²) in [6, 6.07) is 0. The minimum absolute atomic E-state index is 0.273. The average molecular weight is 161 g/mol. The fourth-order valence-corrected chi connectivity index (χ4v) is 0.617. The van der Waals surface area contributed by atoms with E-state index < -0.39 is 11.8 Å². The molecular weight excluding hydrogens is 150 g/mol. The van der Waals surface area contributed by atoms with Gasteiger partial charge in [-0.2, -0.15) is 0 Å². The van der Waals surface area contributed by atoms with Gasteiger partial charge in [0.2, 0.25) is 5.91 Å². The minimum Gasteiger partial charge on any atom is -0.487 e. The molecule has 0 aromatic carbocycles. The number of primary amides is 1. The summed E-state index contributed by atoms with van der Waals surface area (Å²) >= 11 is 4.73. The van der Waals surface area contributed by atoms with E-state index >= 15 is 0 Å². The summed E-state index contributed by atoms with van der Waals surface area (Å²) in [6.45, 7) is 3.91. The van der Waals surface area contributed by atoms with E-state index in [2.05, 4.69) is 0 Å². The smallest absolute Gasteiger partial charge is 0.228 e. The lowest BCUT2D eigenvalue weighted by molar-refractivity contribution is -0.119. The van der Waals surface area contributed by atoms with Crippen molar-refractivity contribution in [2.24, 2.45) is 11.7 Å². The number of thiocarbonyl (C=S) groups is 1. The molecule has 0 saturated heterocycles. The molecule has 58 valence electrons. The Kier molecular flexibility index (Phi) is 3.95. The highest BCUT2D eigenvalue weighted by molar-refractivity contribution is 7.80. The maximum Gasteiger partial charge on any atom is 0.228 e. The molecule has 4 heteroatoms. The van der Waals surface area contributed by atoms with Crippen molar-refractivity contribution in [2.45, 2.75) is 13.8 Å². The largest absolute Gasteiger partial charge is 0.487 e. The van der Waals surface area contributed by atoms with Crippen molar-refractivity contribution in [3.05, 3.63) is 0 Å². The molecule has 1 atom stereocenters. The van der Waals surface area contributed by atoms with Crippen LogP contribution in [0.2, 0.25) is 0 Å². The number of ether oxygens (including phenoxy) is 1. The third-order valence-corrected chi connectivity index (χ3v) is 1.54. The van der Waals surface area contributed by atoms with Gasteiger partial charge in [0, 0.05) is 0 Å². The van der Waals surface area contributed by atoms with Gasteiger partial charge in [0.15, 0.2) is 5.05 Å². The average Bonchev–Trinajstić information content (AvgIpc) is 1.87. The zero-order valence-electron chi connectivity index (χ0n) is 6.09. The number of carbonyl (C=O) groups is 1. The van der Waals surface area contributed by atoms with Crippen LogP contribution in [-0.4, -0.2) is 17.6 Å². The SMILES string of the molecule is CCOC(=S)C(C)C(N)=O. The molecule has 0 aliphatic rings. The predicted molar refractivity (Wildman–Crippen MR) is 42.6 cm³/mol. The molecule has 0 rings (SSSR count). The summed E-state index contributed by atoms with van der Waals surface area (Å²) in [4.78, 5) is 10.5. The van der Waals surface area contributed by atoms with E-state index in [0.29, 0.717) is 6.61 Å². The topological polar surface area (TPSA) is 52.3 Å². The van der Waals surface area contributed by atoms with Gasteiger partial charge in [-0.1, -0.05) is 0 Å². The second-order valence-corrected chi connectivity index (χ2v) is 2.28. The quantitative estimate of drug-likeness (QED) is 0.612. The summed E-state index contributed by atoms with van der Waals surface area (Å²) in [7, 11) is 0. The lowest BCUT2D eigenvalue weighted by Crippen LogP contribution is -2.28. The zero-order valence-corrected chi connectivity index (χ0v) is 6.90. The van der Waals surface area contributed by atoms with Crippen LogP contribution in [0.3, 0.4) is 0 Å². The van der Waals surface area contributed by atoms with Gasteiger partial charge in [-0.25, -0.2) is 0 Å². The number of hydrogen-bond acceptors (Lipinski definition) is 3. The predicted octanol–water partition coefficient (Wildman–Crippen LogP) is 0.472. The normalized spacial score (nSPS) is 12.2. The number of carbonyl (C=O) groups excluding carboxylic acids is 1. The summed E-state index contributed by atoms with van der Waals surface area (Å²) in [6.07, 6.45) is 0. The third-order valence-electron chi connectivity index (χ3n) is 1.07. The first-order chi connectivity index (χ1) is 4.59. The standard InChI is InChI=1S/C6H11NO2S/c1-3-9-6(10)4(2)5(7)8/h4H,3H2,1-2H3,(H2,7,8). The van der Waals surface area contributed by atoms with Crippen LogP contribution in [0.1, 0.15) is 13.8 Å². The van der Waals surface area contributed by atoms with Crippen molar-refractivity contribution >= 4 is 23.2 Å². The highest BCUT2D eigenvalue weighted by Crippen LogP contribution is 1.98. The lowest BCUT2D eigenvalue weighted by Gasteiger charge is -2.08. The van der Waals surface area contributed by atoms with Gasteiger partial charge in [-0.15, -0.1) is 0 Å². The van der Waals surface area contributed by atoms with Crippen molar-refractivity contribution in [3.63, 3.8) is 0 Å². The Morgan fingerprint density at radius 1 is 1.80 bits per heavy atom. The molecule has 0 heterocycles. The Morgan fingerprint density at radius 3 is 2.60 bits per heavy atom. The van der Waals surface area contributed by atoms with E-state index in [4.69, 9.17) is 22.7 Å². The van der Waals surface area contributed by atoms with Crippen LogP contribution >= 0.6 is 12.2 Å². The van der Waals surface area contributed by atoms with Gasteiger partial charge in [0.1, 0.15) is 5.92 Å². The van der Waals surface area contributed by atoms with Crippen LogP contribution in [0.25, 0.3) is 0 Å². The van der Waals surface area contributed by atoms with Crippen LogP contribution in [0.15, 0.2) is 0 Å². The lowest BCUT2D eigenvalue weighted by atomic mass is 10.2. The molecule has 0 aromatic heterocycles. The number of amides is 1. The Hall–Kier alpha value is -0.640. The van der Waals surface area contributed by atoms with E-state index in [0.717, 1.165) is 0 Å². The molecule has 3 nitrogen and oxygen atoms in total. The van der Waals surface area contributed by atoms with Crippen LogP contribution in [0.4, 0.5) is 0 Å². The molecular formula is C6H11NO2S. The molecule has 0 fully saturated rings. The van der Waals surface area contributed by atoms with Gasteiger partial charge in [-0.05, 0) is 26.1 Å². The monoisotopic (exact) mass is 161 g/mol. The summed E-state index contributed by atoms with van der Waals surface area (Å²) in [5.41, 5.74) is 4.96. The van der Waals surface area contributed by atoms with Gasteiger partial charge in [0.25, 0.3) is 0 Å². The molecule has 0 saturated carbocycles. The number of rotatable bonds is 3. The van der Waals surface area contributed by atoms with Crippen molar-refractivity contribution in [1.29, 1.82) is 0 Å². The molecule has 0 aliphatic heterocycles. The first-order valence-electron chi connectivity index (χ1n) is 3.05.